The molecule has 21 heavy (non-hydrogen) atoms. The van der Waals surface area contributed by atoms with Crippen molar-refractivity contribution in [3.05, 3.63) is 52.5 Å². The van der Waals surface area contributed by atoms with E-state index in [9.17, 15) is 0 Å². The maximum Gasteiger partial charge on any atom is 0.148 e. The highest BCUT2D eigenvalue weighted by Crippen LogP contribution is 2.25. The molecular weight excluding hydrogens is 346 g/mol. The number of hydrogen-bond donors (Lipinski definition) is 1. The monoisotopic (exact) mass is 361 g/mol. The molecule has 0 saturated heterocycles. The molecule has 0 aromatic heterocycles. The lowest BCUT2D eigenvalue weighted by molar-refractivity contribution is 0.366. The van der Waals surface area contributed by atoms with Crippen LogP contribution >= 0.6 is 27.7 Å². The summed E-state index contributed by atoms with van der Waals surface area (Å²) in [5.41, 5.74) is 2.15. The summed E-state index contributed by atoms with van der Waals surface area (Å²) >= 11 is 5.21. The molecule has 2 aromatic carbocycles. The van der Waals surface area contributed by atoms with Gasteiger partial charge >= 0.3 is 0 Å². The first kappa shape index (κ1) is 15.8. The molecule has 0 atom stereocenters. The van der Waals surface area contributed by atoms with E-state index in [0.29, 0.717) is 6.54 Å². The van der Waals surface area contributed by atoms with Crippen molar-refractivity contribution in [2.24, 2.45) is 0 Å². The minimum absolute atomic E-state index is 0.274. The molecule has 0 saturated carbocycles. The van der Waals surface area contributed by atoms with Crippen LogP contribution in [0.1, 0.15) is 5.56 Å². The van der Waals surface area contributed by atoms with E-state index >= 15 is 0 Å². The fourth-order valence-corrected chi connectivity index (χ4v) is 2.74. The molecule has 0 heterocycles. The topological polar surface area (TPSA) is 21.3 Å². The van der Waals surface area contributed by atoms with Crippen molar-refractivity contribution in [2.75, 3.05) is 18.2 Å². The van der Waals surface area contributed by atoms with Crippen LogP contribution in [0, 0.1) is 12.3 Å². The normalized spacial score (nSPS) is 9.95. The van der Waals surface area contributed by atoms with Gasteiger partial charge in [0, 0.05) is 27.2 Å². The zero-order valence-electron chi connectivity index (χ0n) is 11.7. The quantitative estimate of drug-likeness (QED) is 0.589. The van der Waals surface area contributed by atoms with Crippen molar-refractivity contribution in [1.29, 1.82) is 0 Å². The summed E-state index contributed by atoms with van der Waals surface area (Å²) in [6, 6.07) is 14.2. The Morgan fingerprint density at radius 2 is 2.14 bits per heavy atom. The van der Waals surface area contributed by atoms with Gasteiger partial charge in [-0.25, -0.2) is 0 Å². The summed E-state index contributed by atoms with van der Waals surface area (Å²) < 4.78 is 6.59. The van der Waals surface area contributed by atoms with Crippen molar-refractivity contribution in [1.82, 2.24) is 0 Å². The molecule has 0 bridgehead atoms. The molecule has 0 radical (unpaired) electrons. The Hall–Kier alpha value is -1.57. The molecule has 0 amide bonds. The van der Waals surface area contributed by atoms with Gasteiger partial charge in [0.25, 0.3) is 0 Å². The van der Waals surface area contributed by atoms with Gasteiger partial charge in [0.2, 0.25) is 0 Å². The third kappa shape index (κ3) is 4.73. The summed E-state index contributed by atoms with van der Waals surface area (Å²) in [6.45, 7) is 0.952. The average Bonchev–Trinajstić information content (AvgIpc) is 2.52. The van der Waals surface area contributed by atoms with Crippen LogP contribution in [0.4, 0.5) is 5.69 Å². The Balaban J connectivity index is 2.11. The van der Waals surface area contributed by atoms with Crippen LogP contribution in [-0.2, 0) is 6.54 Å². The molecule has 2 rings (SSSR count). The molecule has 0 fully saturated rings. The van der Waals surface area contributed by atoms with E-state index in [4.69, 9.17) is 11.2 Å². The van der Waals surface area contributed by atoms with E-state index < -0.39 is 0 Å². The number of halogens is 1. The van der Waals surface area contributed by atoms with Crippen LogP contribution in [0.25, 0.3) is 0 Å². The molecule has 0 aliphatic carbocycles. The zero-order chi connectivity index (χ0) is 15.1. The summed E-state index contributed by atoms with van der Waals surface area (Å²) in [5.74, 6) is 3.30. The molecular formula is C17H16BrNOS. The van der Waals surface area contributed by atoms with Crippen molar-refractivity contribution in [2.45, 2.75) is 11.4 Å². The Morgan fingerprint density at radius 1 is 1.29 bits per heavy atom. The highest BCUT2D eigenvalue weighted by molar-refractivity contribution is 9.10. The third-order valence-electron chi connectivity index (χ3n) is 2.89. The number of hydrogen-bond acceptors (Lipinski definition) is 3. The maximum absolute atomic E-state index is 5.57. The smallest absolute Gasteiger partial charge is 0.148 e. The van der Waals surface area contributed by atoms with Gasteiger partial charge < -0.3 is 10.1 Å². The first-order valence-electron chi connectivity index (χ1n) is 6.45. The minimum Gasteiger partial charge on any atom is -0.481 e. The fraction of sp³-hybridized carbons (Fsp3) is 0.176. The van der Waals surface area contributed by atoms with Crippen molar-refractivity contribution in [3.63, 3.8) is 0 Å². The average molecular weight is 362 g/mol. The number of terminal acetylenes is 1. The fourth-order valence-electron chi connectivity index (χ4n) is 1.88. The molecule has 0 spiro atoms. The van der Waals surface area contributed by atoms with Crippen LogP contribution < -0.4 is 10.1 Å². The van der Waals surface area contributed by atoms with Crippen molar-refractivity contribution in [3.8, 4) is 18.1 Å². The largest absolute Gasteiger partial charge is 0.481 e. The van der Waals surface area contributed by atoms with Gasteiger partial charge in [-0.2, -0.15) is 0 Å². The summed E-state index contributed by atoms with van der Waals surface area (Å²) in [4.78, 5) is 1.23. The van der Waals surface area contributed by atoms with Gasteiger partial charge in [0.05, 0.1) is 0 Å². The van der Waals surface area contributed by atoms with Crippen LogP contribution in [0.5, 0.6) is 5.75 Å². The molecule has 0 aliphatic rings. The second kappa shape index (κ2) is 8.02. The Kier molecular flexibility index (Phi) is 6.04. The lowest BCUT2D eigenvalue weighted by Crippen LogP contribution is -2.03. The number of ether oxygens (including phenoxy) is 1. The number of anilines is 1. The van der Waals surface area contributed by atoms with Gasteiger partial charge in [0.15, 0.2) is 0 Å². The lowest BCUT2D eigenvalue weighted by atomic mass is 10.2. The maximum atomic E-state index is 5.57. The minimum atomic E-state index is 0.274. The van der Waals surface area contributed by atoms with E-state index in [-0.39, 0.29) is 6.61 Å². The van der Waals surface area contributed by atoms with E-state index in [1.54, 1.807) is 11.8 Å². The number of rotatable bonds is 6. The highest BCUT2D eigenvalue weighted by Gasteiger charge is 2.05. The Morgan fingerprint density at radius 3 is 2.90 bits per heavy atom. The van der Waals surface area contributed by atoms with Gasteiger partial charge in [-0.1, -0.05) is 27.9 Å². The third-order valence-corrected chi connectivity index (χ3v) is 4.10. The van der Waals surface area contributed by atoms with E-state index in [1.807, 2.05) is 24.3 Å². The van der Waals surface area contributed by atoms with Crippen LogP contribution in [-0.4, -0.2) is 12.9 Å². The first-order valence-corrected chi connectivity index (χ1v) is 8.47. The van der Waals surface area contributed by atoms with Gasteiger partial charge in [-0.15, -0.1) is 18.2 Å². The molecule has 1 N–H and O–H groups in total. The first-order chi connectivity index (χ1) is 10.2. The second-order valence-corrected chi connectivity index (χ2v) is 6.13. The van der Waals surface area contributed by atoms with Crippen LogP contribution in [0.3, 0.4) is 0 Å². The Bertz CT molecular complexity index is 651. The van der Waals surface area contributed by atoms with Gasteiger partial charge in [-0.05, 0) is 42.7 Å². The molecule has 0 unspecified atom stereocenters. The summed E-state index contributed by atoms with van der Waals surface area (Å²) in [6.07, 6.45) is 7.32. The van der Waals surface area contributed by atoms with E-state index in [2.05, 4.69) is 51.6 Å². The van der Waals surface area contributed by atoms with Gasteiger partial charge in [-0.3, -0.25) is 0 Å². The zero-order valence-corrected chi connectivity index (χ0v) is 14.1. The summed E-state index contributed by atoms with van der Waals surface area (Å²) in [5, 5.41) is 3.41. The molecule has 108 valence electrons. The number of thioether (sulfide) groups is 1. The number of nitrogens with one attached hydrogen (secondary N) is 1. The van der Waals surface area contributed by atoms with Crippen LogP contribution in [0.15, 0.2) is 51.8 Å². The molecule has 0 aliphatic heterocycles. The molecule has 2 nitrogen and oxygen atoms in total. The van der Waals surface area contributed by atoms with Crippen molar-refractivity contribution < 1.29 is 4.74 Å². The Labute approximate surface area is 138 Å². The predicted octanol–water partition coefficient (Wildman–Crippen LogP) is 4.80. The van der Waals surface area contributed by atoms with Gasteiger partial charge in [0.1, 0.15) is 12.4 Å². The number of benzene rings is 2. The highest BCUT2D eigenvalue weighted by atomic mass is 79.9. The molecule has 4 heteroatoms. The molecule has 2 aromatic rings. The second-order valence-electron chi connectivity index (χ2n) is 4.33. The van der Waals surface area contributed by atoms with E-state index in [1.165, 1.54) is 4.90 Å². The van der Waals surface area contributed by atoms with Crippen LogP contribution in [0.2, 0.25) is 0 Å². The summed E-state index contributed by atoms with van der Waals surface area (Å²) in [7, 11) is 0. The van der Waals surface area contributed by atoms with Crippen molar-refractivity contribution >= 4 is 33.4 Å². The van der Waals surface area contributed by atoms with E-state index in [0.717, 1.165) is 21.5 Å². The standard InChI is InChI=1S/C17H16BrNOS/c1-3-9-20-17-8-7-14(18)10-13(17)12-19-15-5-4-6-16(11-15)21-2/h1,4-8,10-11,19H,9,12H2,2H3. The lowest BCUT2D eigenvalue weighted by Gasteiger charge is -2.12. The predicted molar refractivity (Wildman–Crippen MR) is 94.0 cm³/mol. The SMILES string of the molecule is C#CCOc1ccc(Br)cc1CNc1cccc(SC)c1.